The van der Waals surface area contributed by atoms with Crippen molar-refractivity contribution >= 4 is 28.9 Å². The lowest BCUT2D eigenvalue weighted by atomic mass is 9.88. The molecule has 1 unspecified atom stereocenters. The van der Waals surface area contributed by atoms with E-state index in [0.29, 0.717) is 17.7 Å². The molecular weight excluding hydrogens is 346 g/mol. The van der Waals surface area contributed by atoms with Crippen LogP contribution in [0.5, 0.6) is 0 Å². The highest BCUT2D eigenvalue weighted by molar-refractivity contribution is 7.15. The van der Waals surface area contributed by atoms with Gasteiger partial charge in [0.15, 0.2) is 0 Å². The first kappa shape index (κ1) is 16.5. The molecule has 0 saturated heterocycles. The number of fused-ring (bicyclic) bond motifs is 1. The minimum Gasteiger partial charge on any atom is -0.477 e. The Bertz CT molecular complexity index is 990. The first-order valence-electron chi connectivity index (χ1n) is 8.36. The molecule has 4 rings (SSSR count). The zero-order chi connectivity index (χ0) is 18.3. The van der Waals surface area contributed by atoms with E-state index in [1.807, 2.05) is 61.5 Å². The van der Waals surface area contributed by atoms with E-state index >= 15 is 0 Å². The molecule has 0 bridgehead atoms. The summed E-state index contributed by atoms with van der Waals surface area (Å²) in [4.78, 5) is 25.4. The van der Waals surface area contributed by atoms with Gasteiger partial charge in [-0.3, -0.25) is 4.79 Å². The molecule has 5 heteroatoms. The molecule has 130 valence electrons. The number of aryl methyl sites for hydroxylation is 1. The fourth-order valence-corrected chi connectivity index (χ4v) is 4.63. The van der Waals surface area contributed by atoms with E-state index in [4.69, 9.17) is 0 Å². The summed E-state index contributed by atoms with van der Waals surface area (Å²) in [7, 11) is 0. The number of benzene rings is 2. The van der Waals surface area contributed by atoms with Crippen LogP contribution in [0.4, 0.5) is 5.69 Å². The molecule has 2 aromatic carbocycles. The summed E-state index contributed by atoms with van der Waals surface area (Å²) in [5.74, 6) is -1.18. The minimum atomic E-state index is -0.971. The maximum absolute atomic E-state index is 12.4. The quantitative estimate of drug-likeness (QED) is 0.696. The molecule has 0 aliphatic carbocycles. The van der Waals surface area contributed by atoms with E-state index in [1.165, 1.54) is 11.3 Å². The summed E-state index contributed by atoms with van der Waals surface area (Å²) < 4.78 is 0. The first-order chi connectivity index (χ1) is 12.5. The second-order valence-electron chi connectivity index (χ2n) is 6.43. The van der Waals surface area contributed by atoms with Gasteiger partial charge in [-0.15, -0.1) is 11.3 Å². The van der Waals surface area contributed by atoms with Crippen LogP contribution < -0.4 is 5.32 Å². The van der Waals surface area contributed by atoms with E-state index in [9.17, 15) is 14.7 Å². The van der Waals surface area contributed by atoms with Crippen molar-refractivity contribution in [2.24, 2.45) is 0 Å². The minimum absolute atomic E-state index is 0.0885. The van der Waals surface area contributed by atoms with Gasteiger partial charge in [0.1, 0.15) is 4.88 Å². The van der Waals surface area contributed by atoms with Gasteiger partial charge in [0.25, 0.3) is 0 Å². The molecule has 26 heavy (non-hydrogen) atoms. The van der Waals surface area contributed by atoms with Gasteiger partial charge in [-0.2, -0.15) is 0 Å². The van der Waals surface area contributed by atoms with Crippen LogP contribution in [0.15, 0.2) is 54.6 Å². The van der Waals surface area contributed by atoms with Gasteiger partial charge in [-0.1, -0.05) is 60.2 Å². The Morgan fingerprint density at radius 3 is 2.46 bits per heavy atom. The van der Waals surface area contributed by atoms with Gasteiger partial charge in [-0.05, 0) is 18.1 Å². The number of aromatic carboxylic acids is 1. The second-order valence-corrected chi connectivity index (χ2v) is 7.48. The number of nitrogens with one attached hydrogen (secondary N) is 1. The van der Waals surface area contributed by atoms with Gasteiger partial charge in [-0.25, -0.2) is 4.79 Å². The summed E-state index contributed by atoms with van der Waals surface area (Å²) in [5.41, 5.74) is 4.17. The molecule has 0 saturated carbocycles. The Kier molecular flexibility index (Phi) is 4.09. The molecule has 1 atom stereocenters. The molecule has 1 aromatic heterocycles. The molecular formula is C21H17NO3S. The number of amides is 1. The van der Waals surface area contributed by atoms with Gasteiger partial charge in [0.2, 0.25) is 5.91 Å². The Labute approximate surface area is 155 Å². The number of rotatable bonds is 3. The normalized spacial score (nSPS) is 16.0. The van der Waals surface area contributed by atoms with Crippen molar-refractivity contribution in [1.29, 1.82) is 0 Å². The Balaban J connectivity index is 1.94. The van der Waals surface area contributed by atoms with Crippen LogP contribution in [-0.2, 0) is 4.79 Å². The Morgan fingerprint density at radius 1 is 1.12 bits per heavy atom. The van der Waals surface area contributed by atoms with Gasteiger partial charge >= 0.3 is 5.97 Å². The zero-order valence-electron chi connectivity index (χ0n) is 14.2. The van der Waals surface area contributed by atoms with Crippen LogP contribution in [0.2, 0.25) is 0 Å². The van der Waals surface area contributed by atoms with Crippen LogP contribution in [-0.4, -0.2) is 17.0 Å². The largest absolute Gasteiger partial charge is 0.477 e. The topological polar surface area (TPSA) is 66.4 Å². The van der Waals surface area contributed by atoms with Crippen LogP contribution in [0.25, 0.3) is 11.1 Å². The number of carbonyl (C=O) groups is 2. The summed E-state index contributed by atoms with van der Waals surface area (Å²) in [5, 5.41) is 12.7. The highest BCUT2D eigenvalue weighted by Crippen LogP contribution is 2.49. The summed E-state index contributed by atoms with van der Waals surface area (Å²) in [6.07, 6.45) is 0.323. The van der Waals surface area contributed by atoms with E-state index in [0.717, 1.165) is 21.6 Å². The Hall–Kier alpha value is -2.92. The third kappa shape index (κ3) is 2.80. The molecule has 1 aliphatic heterocycles. The molecule has 4 nitrogen and oxygen atoms in total. The van der Waals surface area contributed by atoms with E-state index in [2.05, 4.69) is 5.32 Å². The van der Waals surface area contributed by atoms with Crippen molar-refractivity contribution in [3.05, 3.63) is 75.5 Å². The zero-order valence-corrected chi connectivity index (χ0v) is 15.0. The van der Waals surface area contributed by atoms with Crippen molar-refractivity contribution < 1.29 is 14.7 Å². The second kappa shape index (κ2) is 6.42. The third-order valence-corrected chi connectivity index (χ3v) is 5.93. The van der Waals surface area contributed by atoms with Crippen LogP contribution >= 0.6 is 11.3 Å². The van der Waals surface area contributed by atoms with E-state index in [1.54, 1.807) is 0 Å². The number of hydrogen-bond donors (Lipinski definition) is 2. The van der Waals surface area contributed by atoms with Crippen LogP contribution in [0, 0.1) is 6.92 Å². The van der Waals surface area contributed by atoms with Crippen molar-refractivity contribution in [2.45, 2.75) is 19.3 Å². The van der Waals surface area contributed by atoms with Gasteiger partial charge in [0, 0.05) is 22.8 Å². The third-order valence-electron chi connectivity index (χ3n) is 4.64. The lowest BCUT2D eigenvalue weighted by molar-refractivity contribution is -0.116. The predicted molar refractivity (Wildman–Crippen MR) is 103 cm³/mol. The monoisotopic (exact) mass is 363 g/mol. The molecule has 3 aromatic rings. The molecule has 1 amide bonds. The highest BCUT2D eigenvalue weighted by Gasteiger charge is 2.34. The number of anilines is 1. The predicted octanol–water partition coefficient (Wildman–Crippen LogP) is 4.90. The van der Waals surface area contributed by atoms with Gasteiger partial charge < -0.3 is 10.4 Å². The smallest absolute Gasteiger partial charge is 0.346 e. The van der Waals surface area contributed by atoms with Crippen LogP contribution in [0.3, 0.4) is 0 Å². The van der Waals surface area contributed by atoms with Crippen molar-refractivity contribution in [3.8, 4) is 11.1 Å². The van der Waals surface area contributed by atoms with Crippen molar-refractivity contribution in [3.63, 3.8) is 0 Å². The average molecular weight is 363 g/mol. The maximum Gasteiger partial charge on any atom is 0.346 e. The number of carbonyl (C=O) groups excluding carboxylic acids is 1. The number of hydrogen-bond acceptors (Lipinski definition) is 3. The lowest BCUT2D eigenvalue weighted by Crippen LogP contribution is -2.22. The summed E-state index contributed by atoms with van der Waals surface area (Å²) in [6.45, 7) is 1.98. The fraction of sp³-hybridized carbons (Fsp3) is 0.143. The van der Waals surface area contributed by atoms with Crippen molar-refractivity contribution in [1.82, 2.24) is 0 Å². The lowest BCUT2D eigenvalue weighted by Gasteiger charge is -2.23. The van der Waals surface area contributed by atoms with Gasteiger partial charge in [0.05, 0.1) is 5.69 Å². The highest BCUT2D eigenvalue weighted by atomic mass is 32.1. The number of carboxylic acids is 1. The SMILES string of the molecule is Cc1ccc(-c2c(C(=O)O)sc3c2NC(=O)CC3c2ccccc2)cc1. The molecule has 2 N–H and O–H groups in total. The van der Waals surface area contributed by atoms with Crippen LogP contribution in [0.1, 0.15) is 38.0 Å². The molecule has 1 aliphatic rings. The Morgan fingerprint density at radius 2 is 1.81 bits per heavy atom. The van der Waals surface area contributed by atoms with Crippen molar-refractivity contribution in [2.75, 3.05) is 5.32 Å². The van der Waals surface area contributed by atoms with E-state index in [-0.39, 0.29) is 16.7 Å². The molecule has 2 heterocycles. The molecule has 0 spiro atoms. The fourth-order valence-electron chi connectivity index (χ4n) is 3.39. The number of carboxylic acid groups (broad SMARTS) is 1. The number of thiophene rings is 1. The molecule has 0 fully saturated rings. The molecule has 0 radical (unpaired) electrons. The summed E-state index contributed by atoms with van der Waals surface area (Å²) in [6, 6.07) is 17.5. The maximum atomic E-state index is 12.4. The van der Waals surface area contributed by atoms with E-state index < -0.39 is 5.97 Å². The summed E-state index contributed by atoms with van der Waals surface area (Å²) >= 11 is 1.26. The first-order valence-corrected chi connectivity index (χ1v) is 9.18. The standard InChI is InChI=1S/C21H17NO3S/c1-12-7-9-14(10-8-12)17-18-19(26-20(17)21(24)25)15(11-16(23)22-18)13-5-3-2-4-6-13/h2-10,15H,11H2,1H3,(H,22,23)(H,24,25). The average Bonchev–Trinajstić information content (AvgIpc) is 3.02.